The number of aromatic nitrogens is 1. The summed E-state index contributed by atoms with van der Waals surface area (Å²) in [5, 5.41) is 8.87. The summed E-state index contributed by atoms with van der Waals surface area (Å²) < 4.78 is 1.79. The predicted octanol–water partition coefficient (Wildman–Crippen LogP) is -0.0129. The number of amides is 1. The number of carbonyl (C=O) groups excluding carboxylic acids is 1. The quantitative estimate of drug-likeness (QED) is 0.651. The van der Waals surface area contributed by atoms with Gasteiger partial charge >= 0.3 is 0 Å². The van der Waals surface area contributed by atoms with Crippen molar-refractivity contribution < 1.29 is 4.79 Å². The molecule has 0 fully saturated rings. The van der Waals surface area contributed by atoms with Crippen LogP contribution >= 0.6 is 0 Å². The molecule has 0 saturated heterocycles. The van der Waals surface area contributed by atoms with E-state index in [4.69, 9.17) is 16.7 Å². The summed E-state index contributed by atoms with van der Waals surface area (Å²) in [6.45, 7) is 0.746. The summed E-state index contributed by atoms with van der Waals surface area (Å²) in [5.41, 5.74) is 12.6. The van der Waals surface area contributed by atoms with Gasteiger partial charge in [0, 0.05) is 12.2 Å². The number of nitrogen functional groups attached to an aromatic ring is 1. The summed E-state index contributed by atoms with van der Waals surface area (Å²) in [7, 11) is 0. The lowest BCUT2D eigenvalue weighted by atomic mass is 10.1. The zero-order valence-electron chi connectivity index (χ0n) is 7.58. The molecule has 2 rings (SSSR count). The molecule has 5 heteroatoms. The molecular weight excluding hydrogens is 180 g/mol. The first kappa shape index (κ1) is 8.63. The van der Waals surface area contributed by atoms with Crippen LogP contribution in [-0.2, 0) is 13.0 Å². The summed E-state index contributed by atoms with van der Waals surface area (Å²) >= 11 is 0. The number of hydrogen-bond donors (Lipinski definition) is 2. The minimum Gasteiger partial charge on any atom is -0.396 e. The number of fused-ring (bicyclic) bond motifs is 1. The van der Waals surface area contributed by atoms with Crippen LogP contribution in [0, 0.1) is 11.3 Å². The van der Waals surface area contributed by atoms with Crippen molar-refractivity contribution in [2.45, 2.75) is 19.4 Å². The van der Waals surface area contributed by atoms with E-state index in [1.54, 1.807) is 4.57 Å². The number of nitriles is 1. The maximum atomic E-state index is 11.1. The maximum Gasteiger partial charge on any atom is 0.252 e. The lowest BCUT2D eigenvalue weighted by Crippen LogP contribution is -2.14. The van der Waals surface area contributed by atoms with Crippen molar-refractivity contribution in [1.82, 2.24) is 4.57 Å². The van der Waals surface area contributed by atoms with Gasteiger partial charge in [-0.15, -0.1) is 0 Å². The Kier molecular flexibility index (Phi) is 1.71. The molecule has 1 aliphatic heterocycles. The van der Waals surface area contributed by atoms with Gasteiger partial charge in [-0.25, -0.2) is 0 Å². The Bertz CT molecular complexity index is 452. The number of primary amides is 1. The van der Waals surface area contributed by atoms with Crippen LogP contribution in [0.3, 0.4) is 0 Å². The molecule has 1 aliphatic rings. The topological polar surface area (TPSA) is 97.8 Å². The van der Waals surface area contributed by atoms with Crippen LogP contribution in [0.5, 0.6) is 0 Å². The Hall–Kier alpha value is -1.96. The van der Waals surface area contributed by atoms with Crippen molar-refractivity contribution in [1.29, 1.82) is 5.26 Å². The Morgan fingerprint density at radius 3 is 2.86 bits per heavy atom. The molecule has 0 saturated carbocycles. The lowest BCUT2D eigenvalue weighted by molar-refractivity contribution is 0.100. The van der Waals surface area contributed by atoms with Crippen LogP contribution < -0.4 is 11.5 Å². The smallest absolute Gasteiger partial charge is 0.252 e. The zero-order chi connectivity index (χ0) is 10.3. The maximum absolute atomic E-state index is 11.1. The highest BCUT2D eigenvalue weighted by molar-refractivity contribution is 6.00. The molecular formula is C9H10N4O. The van der Waals surface area contributed by atoms with E-state index < -0.39 is 5.91 Å². The number of rotatable bonds is 1. The van der Waals surface area contributed by atoms with E-state index in [0.29, 0.717) is 11.3 Å². The molecule has 0 atom stereocenters. The van der Waals surface area contributed by atoms with Gasteiger partial charge in [0.15, 0.2) is 0 Å². The van der Waals surface area contributed by atoms with Crippen molar-refractivity contribution in [3.63, 3.8) is 0 Å². The second-order valence-electron chi connectivity index (χ2n) is 3.32. The van der Waals surface area contributed by atoms with E-state index in [9.17, 15) is 4.79 Å². The fourth-order valence-electron chi connectivity index (χ4n) is 2.00. The van der Waals surface area contributed by atoms with Crippen molar-refractivity contribution in [2.75, 3.05) is 5.73 Å². The van der Waals surface area contributed by atoms with Crippen molar-refractivity contribution in [3.8, 4) is 6.07 Å². The Labute approximate surface area is 80.9 Å². The molecule has 1 amide bonds. The van der Waals surface area contributed by atoms with E-state index in [2.05, 4.69) is 0 Å². The molecule has 5 nitrogen and oxygen atoms in total. The lowest BCUT2D eigenvalue weighted by Gasteiger charge is -1.96. The third-order valence-electron chi connectivity index (χ3n) is 2.56. The largest absolute Gasteiger partial charge is 0.396 e. The van der Waals surface area contributed by atoms with Gasteiger partial charge < -0.3 is 16.0 Å². The molecule has 4 N–H and O–H groups in total. The molecule has 0 unspecified atom stereocenters. The second-order valence-corrected chi connectivity index (χ2v) is 3.32. The third kappa shape index (κ3) is 0.909. The second kappa shape index (κ2) is 2.77. The number of nitrogens with two attached hydrogens (primary N) is 2. The van der Waals surface area contributed by atoms with Gasteiger partial charge in [-0.2, -0.15) is 5.26 Å². The minimum absolute atomic E-state index is 0.231. The fraction of sp³-hybridized carbons (Fsp3) is 0.333. The molecule has 2 heterocycles. The number of carbonyl (C=O) groups is 1. The molecule has 72 valence electrons. The summed E-state index contributed by atoms with van der Waals surface area (Å²) in [5.74, 6) is -0.547. The minimum atomic E-state index is -0.547. The Balaban J connectivity index is 2.74. The van der Waals surface area contributed by atoms with E-state index in [1.807, 2.05) is 6.07 Å². The van der Waals surface area contributed by atoms with Crippen LogP contribution in [-0.4, -0.2) is 10.5 Å². The SMILES string of the molecule is N#Cc1c(N)c(C(N)=O)c2n1CCC2. The molecule has 14 heavy (non-hydrogen) atoms. The predicted molar refractivity (Wildman–Crippen MR) is 50.4 cm³/mol. The standard InChI is InChI=1S/C9H10N4O/c10-4-6-8(11)7(9(12)14)5-2-1-3-13(5)6/h1-3,11H2,(H2,12,14). The van der Waals surface area contributed by atoms with Gasteiger partial charge in [-0.1, -0.05) is 0 Å². The normalized spacial score (nSPS) is 13.6. The van der Waals surface area contributed by atoms with Crippen LogP contribution in [0.2, 0.25) is 0 Å². The molecule has 1 aromatic rings. The van der Waals surface area contributed by atoms with Gasteiger partial charge in [0.2, 0.25) is 0 Å². The van der Waals surface area contributed by atoms with Crippen molar-refractivity contribution in [3.05, 3.63) is 17.0 Å². The molecule has 0 radical (unpaired) electrons. The summed E-state index contributed by atoms with van der Waals surface area (Å²) in [6.07, 6.45) is 1.70. The Morgan fingerprint density at radius 2 is 2.29 bits per heavy atom. The van der Waals surface area contributed by atoms with E-state index in [-0.39, 0.29) is 5.69 Å². The van der Waals surface area contributed by atoms with Crippen LogP contribution in [0.15, 0.2) is 0 Å². The van der Waals surface area contributed by atoms with Gasteiger partial charge in [0.05, 0.1) is 11.3 Å². The average molecular weight is 190 g/mol. The van der Waals surface area contributed by atoms with Crippen LogP contribution in [0.4, 0.5) is 5.69 Å². The van der Waals surface area contributed by atoms with E-state index in [1.165, 1.54) is 0 Å². The molecule has 1 aromatic heterocycles. The molecule has 0 bridgehead atoms. The average Bonchev–Trinajstić information content (AvgIpc) is 2.62. The first-order valence-electron chi connectivity index (χ1n) is 4.37. The van der Waals surface area contributed by atoms with Gasteiger partial charge in [0.1, 0.15) is 11.8 Å². The first-order chi connectivity index (χ1) is 6.66. The van der Waals surface area contributed by atoms with Gasteiger partial charge in [-0.05, 0) is 12.8 Å². The van der Waals surface area contributed by atoms with Gasteiger partial charge in [0.25, 0.3) is 5.91 Å². The summed E-state index contributed by atoms with van der Waals surface area (Å²) in [4.78, 5) is 11.1. The third-order valence-corrected chi connectivity index (χ3v) is 2.56. The highest BCUT2D eigenvalue weighted by Gasteiger charge is 2.26. The van der Waals surface area contributed by atoms with Crippen molar-refractivity contribution in [2.24, 2.45) is 5.73 Å². The van der Waals surface area contributed by atoms with E-state index >= 15 is 0 Å². The van der Waals surface area contributed by atoms with E-state index in [0.717, 1.165) is 25.1 Å². The number of nitrogens with zero attached hydrogens (tertiary/aromatic N) is 2. The Morgan fingerprint density at radius 1 is 1.57 bits per heavy atom. The fourth-order valence-corrected chi connectivity index (χ4v) is 2.00. The zero-order valence-corrected chi connectivity index (χ0v) is 7.58. The monoisotopic (exact) mass is 190 g/mol. The first-order valence-corrected chi connectivity index (χ1v) is 4.37. The number of anilines is 1. The molecule has 0 spiro atoms. The van der Waals surface area contributed by atoms with Crippen LogP contribution in [0.25, 0.3) is 0 Å². The van der Waals surface area contributed by atoms with Crippen molar-refractivity contribution >= 4 is 11.6 Å². The highest BCUT2D eigenvalue weighted by atomic mass is 16.1. The highest BCUT2D eigenvalue weighted by Crippen LogP contribution is 2.30. The number of hydrogen-bond acceptors (Lipinski definition) is 3. The molecule has 0 aromatic carbocycles. The van der Waals surface area contributed by atoms with Gasteiger partial charge in [-0.3, -0.25) is 4.79 Å². The molecule has 0 aliphatic carbocycles. The van der Waals surface area contributed by atoms with Crippen LogP contribution in [0.1, 0.15) is 28.2 Å². The summed E-state index contributed by atoms with van der Waals surface area (Å²) in [6, 6.07) is 2.00.